The Morgan fingerprint density at radius 3 is 2.28 bits per heavy atom. The first-order chi connectivity index (χ1) is 17.2. The molecule has 0 radical (unpaired) electrons. The third-order valence-electron chi connectivity index (χ3n) is 6.27. The van der Waals surface area contributed by atoms with Crippen molar-refractivity contribution < 1.29 is 22.7 Å². The Bertz CT molecular complexity index is 1110. The monoisotopic (exact) mass is 515 g/mol. The fourth-order valence-corrected chi connectivity index (χ4v) is 5.07. The highest BCUT2D eigenvalue weighted by Crippen LogP contribution is 2.22. The highest BCUT2D eigenvalue weighted by Gasteiger charge is 2.28. The second-order valence-corrected chi connectivity index (χ2v) is 10.9. The normalized spacial score (nSPS) is 14.2. The number of rotatable bonds is 14. The molecule has 9 heteroatoms. The average Bonchev–Trinajstić information content (AvgIpc) is 3.69. The number of hydrogen-bond donors (Lipinski definition) is 2. The predicted octanol–water partition coefficient (Wildman–Crippen LogP) is 3.40. The molecule has 1 aliphatic rings. The van der Waals surface area contributed by atoms with Crippen LogP contribution in [0.5, 0.6) is 5.75 Å². The second-order valence-electron chi connectivity index (χ2n) is 9.23. The molecule has 0 spiro atoms. The van der Waals surface area contributed by atoms with Gasteiger partial charge in [0.1, 0.15) is 11.8 Å². The van der Waals surface area contributed by atoms with Crippen LogP contribution in [-0.4, -0.2) is 50.9 Å². The molecule has 2 N–H and O–H groups in total. The molecule has 0 aromatic heterocycles. The molecule has 3 rings (SSSR count). The van der Waals surface area contributed by atoms with E-state index in [1.54, 1.807) is 43.2 Å². The highest BCUT2D eigenvalue weighted by molar-refractivity contribution is 7.89. The summed E-state index contributed by atoms with van der Waals surface area (Å²) in [5.41, 5.74) is 1.76. The van der Waals surface area contributed by atoms with E-state index in [1.165, 1.54) is 0 Å². The number of carbonyl (C=O) groups excluding carboxylic acids is 2. The number of carbonyl (C=O) groups is 2. The molecule has 1 fully saturated rings. The number of methoxy groups -OCH3 is 1. The van der Waals surface area contributed by atoms with E-state index in [1.807, 2.05) is 24.3 Å². The van der Waals surface area contributed by atoms with Crippen LogP contribution in [0.25, 0.3) is 0 Å². The zero-order valence-electron chi connectivity index (χ0n) is 21.3. The molecule has 196 valence electrons. The van der Waals surface area contributed by atoms with E-state index in [4.69, 9.17) is 4.74 Å². The lowest BCUT2D eigenvalue weighted by Gasteiger charge is -2.29. The van der Waals surface area contributed by atoms with Gasteiger partial charge < -0.3 is 15.0 Å². The quantitative estimate of drug-likeness (QED) is 0.375. The maximum Gasteiger partial charge on any atom is 0.242 e. The molecule has 0 bridgehead atoms. The summed E-state index contributed by atoms with van der Waals surface area (Å²) in [6.07, 6.45) is 4.25. The molecule has 0 unspecified atom stereocenters. The highest BCUT2D eigenvalue weighted by atomic mass is 32.2. The molecule has 8 nitrogen and oxygen atoms in total. The smallest absolute Gasteiger partial charge is 0.242 e. The number of hydrogen-bond acceptors (Lipinski definition) is 5. The zero-order valence-corrected chi connectivity index (χ0v) is 22.1. The number of benzene rings is 2. The van der Waals surface area contributed by atoms with Crippen LogP contribution < -0.4 is 14.8 Å². The van der Waals surface area contributed by atoms with Crippen molar-refractivity contribution in [3.05, 3.63) is 59.7 Å². The predicted molar refractivity (Wildman–Crippen MR) is 139 cm³/mol. The third-order valence-corrected chi connectivity index (χ3v) is 7.81. The van der Waals surface area contributed by atoms with Crippen LogP contribution in [0.2, 0.25) is 0 Å². The minimum atomic E-state index is -3.51. The summed E-state index contributed by atoms with van der Waals surface area (Å²) in [5.74, 6) is 0.402. The van der Waals surface area contributed by atoms with Gasteiger partial charge in [-0.3, -0.25) is 9.59 Å². The van der Waals surface area contributed by atoms with E-state index in [-0.39, 0.29) is 29.2 Å². The molecular weight excluding hydrogens is 478 g/mol. The number of ether oxygens (including phenoxy) is 1. The Labute approximate surface area is 214 Å². The van der Waals surface area contributed by atoms with E-state index in [9.17, 15) is 18.0 Å². The van der Waals surface area contributed by atoms with E-state index in [2.05, 4.69) is 17.0 Å². The van der Waals surface area contributed by atoms with Gasteiger partial charge in [0.2, 0.25) is 21.8 Å². The number of amides is 2. The van der Waals surface area contributed by atoms with E-state index >= 15 is 0 Å². The fourth-order valence-electron chi connectivity index (χ4n) is 3.77. The first kappa shape index (κ1) is 27.7. The van der Waals surface area contributed by atoms with Gasteiger partial charge in [0.05, 0.1) is 12.0 Å². The summed E-state index contributed by atoms with van der Waals surface area (Å²) in [7, 11) is -1.91. The molecule has 1 atom stereocenters. The summed E-state index contributed by atoms with van der Waals surface area (Å²) in [5, 5.41) is 2.92. The van der Waals surface area contributed by atoms with Crippen LogP contribution in [0, 0.1) is 0 Å². The third kappa shape index (κ3) is 8.06. The second kappa shape index (κ2) is 12.9. The van der Waals surface area contributed by atoms with Crippen molar-refractivity contribution in [3.63, 3.8) is 0 Å². The summed E-state index contributed by atoms with van der Waals surface area (Å²) >= 11 is 0. The van der Waals surface area contributed by atoms with Gasteiger partial charge in [-0.2, -0.15) is 0 Å². The molecule has 2 amide bonds. The van der Waals surface area contributed by atoms with Gasteiger partial charge >= 0.3 is 0 Å². The van der Waals surface area contributed by atoms with Gasteiger partial charge in [-0.25, -0.2) is 13.1 Å². The van der Waals surface area contributed by atoms with Crippen LogP contribution in [0.4, 0.5) is 0 Å². The number of aryl methyl sites for hydroxylation is 1. The Morgan fingerprint density at radius 2 is 1.69 bits per heavy atom. The van der Waals surface area contributed by atoms with E-state index in [0.29, 0.717) is 19.5 Å². The summed E-state index contributed by atoms with van der Waals surface area (Å²) in [6.45, 7) is 4.68. The maximum absolute atomic E-state index is 13.3. The average molecular weight is 516 g/mol. The van der Waals surface area contributed by atoms with Crippen molar-refractivity contribution in [1.29, 1.82) is 0 Å². The van der Waals surface area contributed by atoms with Crippen molar-refractivity contribution >= 4 is 21.8 Å². The SMILES string of the molecule is CCCCNC(=O)[C@H](C)N(Cc1ccc(OC)cc1)C(=O)CCc1ccc(S(=O)(=O)NC2CC2)cc1. The maximum atomic E-state index is 13.3. The van der Waals surface area contributed by atoms with Gasteiger partial charge in [-0.1, -0.05) is 37.6 Å². The molecule has 36 heavy (non-hydrogen) atoms. The van der Waals surface area contributed by atoms with Crippen LogP contribution in [0.15, 0.2) is 53.4 Å². The summed E-state index contributed by atoms with van der Waals surface area (Å²) in [4.78, 5) is 27.9. The molecule has 0 heterocycles. The van der Waals surface area contributed by atoms with Gasteiger partial charge in [0, 0.05) is 25.6 Å². The lowest BCUT2D eigenvalue weighted by atomic mass is 10.1. The van der Waals surface area contributed by atoms with Crippen molar-refractivity contribution in [2.24, 2.45) is 0 Å². The molecule has 1 saturated carbocycles. The molecule has 0 saturated heterocycles. The molecular formula is C27H37N3O5S. The summed E-state index contributed by atoms with van der Waals surface area (Å²) in [6, 6.07) is 13.5. The number of nitrogens with one attached hydrogen (secondary N) is 2. The minimum Gasteiger partial charge on any atom is -0.497 e. The van der Waals surface area contributed by atoms with Gasteiger partial charge in [-0.15, -0.1) is 0 Å². The minimum absolute atomic E-state index is 0.0464. The Kier molecular flexibility index (Phi) is 9.89. The van der Waals surface area contributed by atoms with E-state index < -0.39 is 16.1 Å². The van der Waals surface area contributed by atoms with Crippen LogP contribution >= 0.6 is 0 Å². The van der Waals surface area contributed by atoms with Crippen LogP contribution in [0.1, 0.15) is 57.1 Å². The van der Waals surface area contributed by atoms with Crippen LogP contribution in [-0.2, 0) is 32.6 Å². The number of unbranched alkanes of at least 4 members (excludes halogenated alkanes) is 1. The molecule has 1 aliphatic carbocycles. The molecule has 2 aromatic carbocycles. The number of sulfonamides is 1. The van der Waals surface area contributed by atoms with Gasteiger partial charge in [-0.05, 0) is 68.0 Å². The van der Waals surface area contributed by atoms with Crippen molar-refractivity contribution in [1.82, 2.24) is 14.9 Å². The van der Waals surface area contributed by atoms with Crippen molar-refractivity contribution in [3.8, 4) is 5.75 Å². The van der Waals surface area contributed by atoms with E-state index in [0.717, 1.165) is 42.6 Å². The molecule has 2 aromatic rings. The Hall–Kier alpha value is -2.91. The van der Waals surface area contributed by atoms with Crippen molar-refractivity contribution in [2.75, 3.05) is 13.7 Å². The first-order valence-corrected chi connectivity index (χ1v) is 14.0. The molecule has 0 aliphatic heterocycles. The summed E-state index contributed by atoms with van der Waals surface area (Å²) < 4.78 is 32.6. The van der Waals surface area contributed by atoms with Gasteiger partial charge in [0.15, 0.2) is 0 Å². The largest absolute Gasteiger partial charge is 0.497 e. The van der Waals surface area contributed by atoms with Crippen molar-refractivity contribution in [2.45, 2.75) is 75.9 Å². The fraction of sp³-hybridized carbons (Fsp3) is 0.481. The Morgan fingerprint density at radius 1 is 1.06 bits per heavy atom. The number of nitrogens with zero attached hydrogens (tertiary/aromatic N) is 1. The Balaban J connectivity index is 1.66. The topological polar surface area (TPSA) is 105 Å². The van der Waals surface area contributed by atoms with Crippen LogP contribution in [0.3, 0.4) is 0 Å². The standard InChI is InChI=1S/C27H37N3O5S/c1-4-5-18-28-27(32)20(2)30(19-22-6-13-24(35-3)14-7-22)26(31)17-10-21-8-15-25(16-9-21)36(33,34)29-23-11-12-23/h6-9,13-16,20,23,29H,4-5,10-12,17-19H2,1-3H3,(H,28,32)/t20-/m0/s1. The lowest BCUT2D eigenvalue weighted by Crippen LogP contribution is -2.47. The first-order valence-electron chi connectivity index (χ1n) is 12.5. The van der Waals surface area contributed by atoms with Gasteiger partial charge in [0.25, 0.3) is 0 Å². The lowest BCUT2D eigenvalue weighted by molar-refractivity contribution is -0.140. The zero-order chi connectivity index (χ0) is 26.1.